The monoisotopic (exact) mass is 312 g/mol. The highest BCUT2D eigenvalue weighted by atomic mass is 16.5. The van der Waals surface area contributed by atoms with E-state index in [1.165, 1.54) is 51.4 Å². The van der Waals surface area contributed by atoms with Crippen molar-refractivity contribution in [1.82, 2.24) is 0 Å². The van der Waals surface area contributed by atoms with Crippen molar-refractivity contribution < 1.29 is 14.6 Å². The Morgan fingerprint density at radius 1 is 1.00 bits per heavy atom. The maximum absolute atomic E-state index is 11.6. The van der Waals surface area contributed by atoms with Crippen molar-refractivity contribution in [3.63, 3.8) is 0 Å². The third-order valence-corrected chi connectivity index (χ3v) is 5.06. The van der Waals surface area contributed by atoms with E-state index in [2.05, 4.69) is 6.92 Å². The first kappa shape index (κ1) is 19.5. The minimum Gasteiger partial charge on any atom is -0.466 e. The van der Waals surface area contributed by atoms with E-state index in [1.54, 1.807) is 0 Å². The Balaban J connectivity index is 2.14. The van der Waals surface area contributed by atoms with E-state index in [4.69, 9.17) is 4.74 Å². The molecule has 0 saturated heterocycles. The maximum atomic E-state index is 11.6. The quantitative estimate of drug-likeness (QED) is 0.413. The van der Waals surface area contributed by atoms with Crippen molar-refractivity contribution in [2.24, 2.45) is 11.8 Å². The topological polar surface area (TPSA) is 46.5 Å². The van der Waals surface area contributed by atoms with Crippen molar-refractivity contribution >= 4 is 5.97 Å². The molecule has 0 radical (unpaired) electrons. The Morgan fingerprint density at radius 2 is 1.64 bits per heavy atom. The third-order valence-electron chi connectivity index (χ3n) is 5.06. The van der Waals surface area contributed by atoms with Crippen LogP contribution in [0.25, 0.3) is 0 Å². The number of carbonyl (C=O) groups is 1. The van der Waals surface area contributed by atoms with E-state index in [9.17, 15) is 9.90 Å². The normalized spacial score (nSPS) is 24.6. The Kier molecular flexibility index (Phi) is 10.6. The van der Waals surface area contributed by atoms with Gasteiger partial charge in [0.2, 0.25) is 0 Å². The minimum atomic E-state index is -0.205. The fraction of sp³-hybridized carbons (Fsp3) is 0.947. The van der Waals surface area contributed by atoms with Crippen molar-refractivity contribution in [2.75, 3.05) is 6.61 Å². The molecule has 1 aliphatic carbocycles. The van der Waals surface area contributed by atoms with Gasteiger partial charge < -0.3 is 9.84 Å². The molecule has 0 aromatic rings. The summed E-state index contributed by atoms with van der Waals surface area (Å²) in [5.41, 5.74) is 0. The lowest BCUT2D eigenvalue weighted by molar-refractivity contribution is -0.144. The molecule has 1 saturated carbocycles. The Morgan fingerprint density at radius 3 is 2.27 bits per heavy atom. The number of hydrogen-bond acceptors (Lipinski definition) is 3. The van der Waals surface area contributed by atoms with Gasteiger partial charge >= 0.3 is 5.97 Å². The predicted molar refractivity (Wildman–Crippen MR) is 90.7 cm³/mol. The summed E-state index contributed by atoms with van der Waals surface area (Å²) >= 11 is 0. The first-order chi connectivity index (χ1) is 10.7. The van der Waals surface area contributed by atoms with Gasteiger partial charge in [0.1, 0.15) is 0 Å². The van der Waals surface area contributed by atoms with Gasteiger partial charge in [-0.2, -0.15) is 0 Å². The number of aliphatic hydroxyl groups is 1. The van der Waals surface area contributed by atoms with Crippen LogP contribution < -0.4 is 0 Å². The molecule has 3 nitrogen and oxygen atoms in total. The van der Waals surface area contributed by atoms with Gasteiger partial charge in [0.05, 0.1) is 12.7 Å². The largest absolute Gasteiger partial charge is 0.466 e. The molecule has 0 amide bonds. The molecule has 1 N–H and O–H groups in total. The number of ether oxygens (including phenoxy) is 1. The van der Waals surface area contributed by atoms with E-state index >= 15 is 0 Å². The van der Waals surface area contributed by atoms with Gasteiger partial charge in [0.25, 0.3) is 0 Å². The van der Waals surface area contributed by atoms with Gasteiger partial charge in [-0.05, 0) is 38.0 Å². The third kappa shape index (κ3) is 7.62. The zero-order valence-corrected chi connectivity index (χ0v) is 14.7. The molecule has 0 bridgehead atoms. The standard InChI is InChI=1S/C19H36O3/c1-3-5-6-7-8-9-10-11-12-17-16(13-14-18(17)20)15-19(21)22-4-2/h16-18,20H,3-15H2,1-2H3. The van der Waals surface area contributed by atoms with E-state index < -0.39 is 0 Å². The predicted octanol–water partition coefficient (Wildman–Crippen LogP) is 4.86. The lowest BCUT2D eigenvalue weighted by Crippen LogP contribution is -2.22. The fourth-order valence-electron chi connectivity index (χ4n) is 3.76. The van der Waals surface area contributed by atoms with Crippen LogP contribution in [0.4, 0.5) is 0 Å². The molecular formula is C19H36O3. The molecule has 1 fully saturated rings. The van der Waals surface area contributed by atoms with Gasteiger partial charge in [-0.15, -0.1) is 0 Å². The minimum absolute atomic E-state index is 0.0949. The number of carbonyl (C=O) groups excluding carboxylic acids is 1. The molecular weight excluding hydrogens is 276 g/mol. The molecule has 1 aliphatic rings. The highest BCUT2D eigenvalue weighted by Gasteiger charge is 2.35. The smallest absolute Gasteiger partial charge is 0.306 e. The van der Waals surface area contributed by atoms with E-state index in [0.29, 0.717) is 24.9 Å². The highest BCUT2D eigenvalue weighted by molar-refractivity contribution is 5.69. The van der Waals surface area contributed by atoms with Crippen molar-refractivity contribution in [2.45, 2.75) is 97.0 Å². The Bertz CT molecular complexity index is 290. The van der Waals surface area contributed by atoms with Crippen LogP contribution >= 0.6 is 0 Å². The number of unbranched alkanes of at least 4 members (excludes halogenated alkanes) is 7. The lowest BCUT2D eigenvalue weighted by atomic mass is 9.87. The second-order valence-corrected chi connectivity index (χ2v) is 6.84. The van der Waals surface area contributed by atoms with Crippen molar-refractivity contribution in [3.8, 4) is 0 Å². The fourth-order valence-corrected chi connectivity index (χ4v) is 3.76. The summed E-state index contributed by atoms with van der Waals surface area (Å²) in [5, 5.41) is 10.1. The van der Waals surface area contributed by atoms with Gasteiger partial charge in [0.15, 0.2) is 0 Å². The van der Waals surface area contributed by atoms with Crippen molar-refractivity contribution in [1.29, 1.82) is 0 Å². The van der Waals surface area contributed by atoms with Gasteiger partial charge in [-0.3, -0.25) is 4.79 Å². The van der Waals surface area contributed by atoms with Crippen LogP contribution in [-0.2, 0) is 9.53 Å². The van der Waals surface area contributed by atoms with Crippen LogP contribution in [0.2, 0.25) is 0 Å². The number of aliphatic hydroxyl groups excluding tert-OH is 1. The van der Waals surface area contributed by atoms with E-state index in [-0.39, 0.29) is 12.1 Å². The SMILES string of the molecule is CCCCCCCCCCC1C(O)CCC1CC(=O)OCC. The molecule has 0 aromatic carbocycles. The zero-order chi connectivity index (χ0) is 16.2. The van der Waals surface area contributed by atoms with Crippen LogP contribution in [0.5, 0.6) is 0 Å². The first-order valence-corrected chi connectivity index (χ1v) is 9.52. The van der Waals surface area contributed by atoms with Crippen LogP contribution in [0, 0.1) is 11.8 Å². The molecule has 3 atom stereocenters. The number of rotatable bonds is 12. The molecule has 0 heterocycles. The van der Waals surface area contributed by atoms with Crippen LogP contribution in [0.3, 0.4) is 0 Å². The highest BCUT2D eigenvalue weighted by Crippen LogP contribution is 2.38. The first-order valence-electron chi connectivity index (χ1n) is 9.52. The van der Waals surface area contributed by atoms with Gasteiger partial charge in [-0.25, -0.2) is 0 Å². The summed E-state index contributed by atoms with van der Waals surface area (Å²) in [7, 11) is 0. The molecule has 0 spiro atoms. The number of esters is 1. The summed E-state index contributed by atoms with van der Waals surface area (Å²) in [6.07, 6.45) is 13.7. The molecule has 3 heteroatoms. The van der Waals surface area contributed by atoms with Crippen LogP contribution in [-0.4, -0.2) is 23.8 Å². The summed E-state index contributed by atoms with van der Waals surface area (Å²) in [6.45, 7) is 4.55. The molecule has 0 aliphatic heterocycles. The lowest BCUT2D eigenvalue weighted by Gasteiger charge is -2.21. The Labute approximate surface area is 136 Å². The Hall–Kier alpha value is -0.570. The average molecular weight is 312 g/mol. The maximum Gasteiger partial charge on any atom is 0.306 e. The molecule has 1 rings (SSSR count). The van der Waals surface area contributed by atoms with Crippen LogP contribution in [0.15, 0.2) is 0 Å². The second kappa shape index (κ2) is 11.9. The van der Waals surface area contributed by atoms with Gasteiger partial charge in [0, 0.05) is 6.42 Å². The number of hydrogen-bond donors (Lipinski definition) is 1. The summed E-state index contributed by atoms with van der Waals surface area (Å²) < 4.78 is 5.06. The van der Waals surface area contributed by atoms with E-state index in [0.717, 1.165) is 19.3 Å². The second-order valence-electron chi connectivity index (χ2n) is 6.84. The molecule has 0 aromatic heterocycles. The zero-order valence-electron chi connectivity index (χ0n) is 14.7. The summed E-state index contributed by atoms with van der Waals surface area (Å²) in [5.74, 6) is 0.547. The van der Waals surface area contributed by atoms with Gasteiger partial charge in [-0.1, -0.05) is 58.3 Å². The average Bonchev–Trinajstić information content (AvgIpc) is 2.83. The molecule has 130 valence electrons. The van der Waals surface area contributed by atoms with Crippen molar-refractivity contribution in [3.05, 3.63) is 0 Å². The summed E-state index contributed by atoms with van der Waals surface area (Å²) in [6, 6.07) is 0. The molecule has 22 heavy (non-hydrogen) atoms. The summed E-state index contributed by atoms with van der Waals surface area (Å²) in [4.78, 5) is 11.6. The van der Waals surface area contributed by atoms with E-state index in [1.807, 2.05) is 6.92 Å². The molecule has 3 unspecified atom stereocenters. The van der Waals surface area contributed by atoms with Crippen LogP contribution in [0.1, 0.15) is 90.9 Å².